The Bertz CT molecular complexity index is 760. The van der Waals surface area contributed by atoms with Crippen LogP contribution in [-0.2, 0) is 6.54 Å². The summed E-state index contributed by atoms with van der Waals surface area (Å²) in [7, 11) is 2.00. The summed E-state index contributed by atoms with van der Waals surface area (Å²) in [5.74, 6) is 0. The number of fused-ring (bicyclic) bond motifs is 2. The number of rotatable bonds is 0. The SMILES string of the molecule is CN1Cc2ccc3c(c4ccc(c2-4)=N1)NN=CC=3. The van der Waals surface area contributed by atoms with Gasteiger partial charge in [-0.25, -0.2) is 0 Å². The fraction of sp³-hybridized carbons (Fsp3) is 0.143. The summed E-state index contributed by atoms with van der Waals surface area (Å²) in [5.41, 5.74) is 7.94. The summed E-state index contributed by atoms with van der Waals surface area (Å²) in [4.78, 5) is 0. The zero-order chi connectivity index (χ0) is 12.1. The first kappa shape index (κ1) is 9.65. The summed E-state index contributed by atoms with van der Waals surface area (Å²) in [6, 6.07) is 8.53. The second-order valence-electron chi connectivity index (χ2n) is 4.67. The molecule has 0 saturated carbocycles. The molecule has 18 heavy (non-hydrogen) atoms. The minimum atomic E-state index is 0.849. The van der Waals surface area contributed by atoms with E-state index in [1.54, 1.807) is 6.21 Å². The van der Waals surface area contributed by atoms with Gasteiger partial charge in [0.25, 0.3) is 0 Å². The van der Waals surface area contributed by atoms with Gasteiger partial charge in [0, 0.05) is 29.6 Å². The van der Waals surface area contributed by atoms with Gasteiger partial charge >= 0.3 is 0 Å². The molecule has 1 N–H and O–H groups in total. The maximum atomic E-state index is 4.56. The lowest BCUT2D eigenvalue weighted by molar-refractivity contribution is 0.328. The molecule has 4 heteroatoms. The largest absolute Gasteiger partial charge is 0.295 e. The van der Waals surface area contributed by atoms with Crippen molar-refractivity contribution in [1.82, 2.24) is 5.01 Å². The van der Waals surface area contributed by atoms with Crippen molar-refractivity contribution in [3.63, 3.8) is 0 Å². The first-order valence-electron chi connectivity index (χ1n) is 5.97. The molecule has 0 fully saturated rings. The van der Waals surface area contributed by atoms with Crippen molar-refractivity contribution in [3.05, 3.63) is 40.4 Å². The lowest BCUT2D eigenvalue weighted by Crippen LogP contribution is -2.22. The Morgan fingerprint density at radius 2 is 2.17 bits per heavy atom. The van der Waals surface area contributed by atoms with Crippen molar-refractivity contribution in [2.75, 3.05) is 12.5 Å². The second kappa shape index (κ2) is 3.32. The lowest BCUT2D eigenvalue weighted by Gasteiger charge is -2.18. The van der Waals surface area contributed by atoms with Crippen molar-refractivity contribution in [3.8, 4) is 11.1 Å². The van der Waals surface area contributed by atoms with Crippen molar-refractivity contribution in [2.24, 2.45) is 10.2 Å². The van der Waals surface area contributed by atoms with Crippen LogP contribution < -0.4 is 16.0 Å². The highest BCUT2D eigenvalue weighted by Crippen LogP contribution is 2.30. The van der Waals surface area contributed by atoms with Crippen LogP contribution in [0, 0.1) is 0 Å². The van der Waals surface area contributed by atoms with E-state index < -0.39 is 0 Å². The summed E-state index contributed by atoms with van der Waals surface area (Å²) >= 11 is 0. The molecule has 4 rings (SSSR count). The predicted molar refractivity (Wildman–Crippen MR) is 71.9 cm³/mol. The molecular weight excluding hydrogens is 224 g/mol. The van der Waals surface area contributed by atoms with Gasteiger partial charge in [-0.1, -0.05) is 12.1 Å². The monoisotopic (exact) mass is 236 g/mol. The van der Waals surface area contributed by atoms with E-state index in [-0.39, 0.29) is 0 Å². The summed E-state index contributed by atoms with van der Waals surface area (Å²) in [5, 5.41) is 12.9. The molecule has 0 amide bonds. The van der Waals surface area contributed by atoms with E-state index in [1.165, 1.54) is 21.9 Å². The van der Waals surface area contributed by atoms with Crippen LogP contribution in [0.5, 0.6) is 0 Å². The van der Waals surface area contributed by atoms with Crippen LogP contribution >= 0.6 is 0 Å². The van der Waals surface area contributed by atoms with E-state index in [2.05, 4.69) is 39.9 Å². The first-order chi connectivity index (χ1) is 8.83. The zero-order valence-electron chi connectivity index (χ0n) is 10.0. The van der Waals surface area contributed by atoms with E-state index in [1.807, 2.05) is 18.1 Å². The topological polar surface area (TPSA) is 40.0 Å². The fourth-order valence-electron chi connectivity index (χ4n) is 2.69. The third-order valence-electron chi connectivity index (χ3n) is 3.46. The van der Waals surface area contributed by atoms with Gasteiger partial charge in [-0.3, -0.25) is 10.4 Å². The van der Waals surface area contributed by atoms with Crippen LogP contribution in [0.1, 0.15) is 5.56 Å². The average Bonchev–Trinajstić information content (AvgIpc) is 2.72. The smallest absolute Gasteiger partial charge is 0.0914 e. The third kappa shape index (κ3) is 1.20. The second-order valence-corrected chi connectivity index (χ2v) is 4.67. The van der Waals surface area contributed by atoms with Gasteiger partial charge in [0.1, 0.15) is 0 Å². The molecule has 0 aromatic carbocycles. The van der Waals surface area contributed by atoms with Gasteiger partial charge < -0.3 is 0 Å². The maximum Gasteiger partial charge on any atom is 0.0914 e. The molecule has 4 nitrogen and oxygen atoms in total. The molecule has 4 aliphatic rings. The quantitative estimate of drug-likeness (QED) is 0.740. The number of anilines is 1. The summed E-state index contributed by atoms with van der Waals surface area (Å²) < 4.78 is 0. The number of hydrogen-bond acceptors (Lipinski definition) is 4. The lowest BCUT2D eigenvalue weighted by atomic mass is 10.0. The van der Waals surface area contributed by atoms with E-state index >= 15 is 0 Å². The molecule has 0 bridgehead atoms. The van der Waals surface area contributed by atoms with Crippen molar-refractivity contribution >= 4 is 18.0 Å². The zero-order valence-corrected chi connectivity index (χ0v) is 10.0. The van der Waals surface area contributed by atoms with Gasteiger partial charge in [0.15, 0.2) is 0 Å². The van der Waals surface area contributed by atoms with Crippen LogP contribution in [0.2, 0.25) is 0 Å². The predicted octanol–water partition coefficient (Wildman–Crippen LogP) is 0.963. The molecule has 2 aliphatic heterocycles. The van der Waals surface area contributed by atoms with Gasteiger partial charge in [-0.15, -0.1) is 0 Å². The van der Waals surface area contributed by atoms with Crippen LogP contribution in [0.4, 0.5) is 5.69 Å². The Balaban J connectivity index is 2.16. The molecule has 0 spiro atoms. The molecule has 0 unspecified atom stereocenters. The van der Waals surface area contributed by atoms with E-state index in [9.17, 15) is 0 Å². The Morgan fingerprint density at radius 1 is 1.22 bits per heavy atom. The third-order valence-corrected chi connectivity index (χ3v) is 3.46. The van der Waals surface area contributed by atoms with Crippen molar-refractivity contribution < 1.29 is 0 Å². The van der Waals surface area contributed by atoms with Crippen LogP contribution in [0.15, 0.2) is 34.5 Å². The van der Waals surface area contributed by atoms with E-state index in [4.69, 9.17) is 0 Å². The Labute approximate surface area is 104 Å². The Hall–Kier alpha value is -2.36. The first-order valence-corrected chi connectivity index (χ1v) is 5.97. The summed E-state index contributed by atoms with van der Waals surface area (Å²) in [6.45, 7) is 0.849. The highest BCUT2D eigenvalue weighted by molar-refractivity contribution is 5.96. The van der Waals surface area contributed by atoms with E-state index in [0.29, 0.717) is 0 Å². The minimum Gasteiger partial charge on any atom is -0.295 e. The average molecular weight is 236 g/mol. The van der Waals surface area contributed by atoms with Crippen LogP contribution in [0.25, 0.3) is 17.2 Å². The normalized spacial score (nSPS) is 15.7. The number of nitrogens with zero attached hydrogens (tertiary/aromatic N) is 3. The molecule has 2 heterocycles. The van der Waals surface area contributed by atoms with Crippen molar-refractivity contribution in [2.45, 2.75) is 6.54 Å². The Morgan fingerprint density at radius 3 is 3.11 bits per heavy atom. The highest BCUT2D eigenvalue weighted by Gasteiger charge is 2.19. The molecular formula is C14H12N4. The van der Waals surface area contributed by atoms with Crippen LogP contribution in [-0.4, -0.2) is 18.3 Å². The number of hydrazone groups is 1. The van der Waals surface area contributed by atoms with Gasteiger partial charge in [-0.05, 0) is 23.8 Å². The minimum absolute atomic E-state index is 0.849. The van der Waals surface area contributed by atoms with Crippen LogP contribution in [0.3, 0.4) is 0 Å². The number of hydrogen-bond donors (Lipinski definition) is 1. The Kier molecular flexibility index (Phi) is 1.78. The molecule has 0 radical (unpaired) electrons. The van der Waals surface area contributed by atoms with Gasteiger partial charge in [0.05, 0.1) is 17.6 Å². The molecule has 0 aromatic heterocycles. The molecule has 2 aliphatic carbocycles. The highest BCUT2D eigenvalue weighted by atomic mass is 15.4. The fourth-order valence-corrected chi connectivity index (χ4v) is 2.69. The van der Waals surface area contributed by atoms with E-state index in [0.717, 1.165) is 17.6 Å². The molecule has 88 valence electrons. The van der Waals surface area contributed by atoms with Crippen molar-refractivity contribution in [1.29, 1.82) is 0 Å². The summed E-state index contributed by atoms with van der Waals surface area (Å²) in [6.07, 6.45) is 3.81. The molecule has 0 aromatic rings. The maximum absolute atomic E-state index is 4.56. The molecule has 0 saturated heterocycles. The number of nitrogens with one attached hydrogen (secondary N) is 1. The standard InChI is InChI=1S/C14H12N4/c1-18-8-10-3-2-9-6-7-15-16-14(9)11-4-5-12(17-18)13(10)11/h2-7,16H,8H2,1H3. The van der Waals surface area contributed by atoms with Gasteiger partial charge in [-0.2, -0.15) is 10.2 Å². The van der Waals surface area contributed by atoms with Gasteiger partial charge in [0.2, 0.25) is 0 Å². The molecule has 0 atom stereocenters.